The number of thiophene rings is 1. The Hall–Kier alpha value is -6.68. The highest BCUT2D eigenvalue weighted by atomic mass is 32.1. The zero-order chi connectivity index (χ0) is 36.3. The van der Waals surface area contributed by atoms with Gasteiger partial charge in [0.1, 0.15) is 11.3 Å². The molecule has 0 atom stereocenters. The van der Waals surface area contributed by atoms with Crippen LogP contribution in [0.25, 0.3) is 75.6 Å². The van der Waals surface area contributed by atoms with Crippen LogP contribution in [-0.4, -0.2) is 0 Å². The second kappa shape index (κ2) is 13.0. The molecular formula is C52H35NOS. The smallest absolute Gasteiger partial charge is 0.134 e. The number of hydrogen-bond acceptors (Lipinski definition) is 3. The maximum Gasteiger partial charge on any atom is 0.134 e. The van der Waals surface area contributed by atoms with Gasteiger partial charge in [-0.3, -0.25) is 0 Å². The molecule has 3 heteroatoms. The summed E-state index contributed by atoms with van der Waals surface area (Å²) in [4.78, 5) is 2.40. The maximum absolute atomic E-state index is 6.26. The molecule has 0 spiro atoms. The van der Waals surface area contributed by atoms with Gasteiger partial charge in [-0.1, -0.05) is 146 Å². The van der Waals surface area contributed by atoms with Crippen molar-refractivity contribution in [1.82, 2.24) is 0 Å². The third-order valence-electron chi connectivity index (χ3n) is 11.2. The van der Waals surface area contributed by atoms with E-state index in [1.807, 2.05) is 11.3 Å². The maximum atomic E-state index is 6.26. The summed E-state index contributed by atoms with van der Waals surface area (Å²) in [5.74, 6) is 1.10. The number of anilines is 3. The molecule has 2 aromatic heterocycles. The summed E-state index contributed by atoms with van der Waals surface area (Å²) in [6, 6.07) is 68.4. The lowest BCUT2D eigenvalue weighted by molar-refractivity contribution is 0.546. The molecular weight excluding hydrogens is 687 g/mol. The first kappa shape index (κ1) is 31.8. The Balaban J connectivity index is 0.989. The lowest BCUT2D eigenvalue weighted by atomic mass is 9.86. The number of fused-ring (bicyclic) bond motifs is 8. The molecule has 8 aromatic carbocycles. The highest BCUT2D eigenvalue weighted by Crippen LogP contribution is 2.45. The van der Waals surface area contributed by atoms with Crippen molar-refractivity contribution >= 4 is 59.5 Å². The fourth-order valence-electron chi connectivity index (χ4n) is 8.56. The molecule has 0 saturated heterocycles. The van der Waals surface area contributed by atoms with E-state index in [-0.39, 0.29) is 0 Å². The van der Waals surface area contributed by atoms with E-state index in [1.165, 1.54) is 75.6 Å². The van der Waals surface area contributed by atoms with Gasteiger partial charge in [-0.15, -0.1) is 11.3 Å². The molecule has 55 heavy (non-hydrogen) atoms. The standard InChI is InChI=1S/C52H35NOS/c1-2-11-35(12-3-1)41-13-4-7-18-47(41)53(40-29-23-36(24-30-40)43-16-10-17-45-44-14-6-9-20-50(44)55-52(43)45)39-27-21-34(22-28-39)37-25-31-42-38(33-37)26-32-49-51(42)46-15-5-8-19-48(46)54-49/h1-25,27-31,33H,26,32H2. The van der Waals surface area contributed by atoms with Crippen LogP contribution in [0.3, 0.4) is 0 Å². The Kier molecular flexibility index (Phi) is 7.53. The quantitative estimate of drug-likeness (QED) is 0.170. The van der Waals surface area contributed by atoms with Crippen molar-refractivity contribution in [2.24, 2.45) is 0 Å². The minimum atomic E-state index is 0.924. The third-order valence-corrected chi connectivity index (χ3v) is 12.4. The molecule has 260 valence electrons. The lowest BCUT2D eigenvalue weighted by Gasteiger charge is -2.28. The van der Waals surface area contributed by atoms with Crippen LogP contribution in [0.15, 0.2) is 192 Å². The normalized spacial score (nSPS) is 12.2. The number of rotatable bonds is 6. The van der Waals surface area contributed by atoms with Gasteiger partial charge in [0.25, 0.3) is 0 Å². The number of nitrogens with zero attached hydrogens (tertiary/aromatic N) is 1. The number of aryl methyl sites for hydroxylation is 2. The average molecular weight is 722 g/mol. The third kappa shape index (κ3) is 5.39. The SMILES string of the molecule is c1ccc(-c2ccccc2N(c2ccc(-c3ccc4c(c3)CCc3oc5ccccc5c3-4)cc2)c2ccc(-c3cccc4c3sc3ccccc34)cc2)cc1. The van der Waals surface area contributed by atoms with Crippen LogP contribution in [0.1, 0.15) is 11.3 Å². The van der Waals surface area contributed by atoms with Gasteiger partial charge < -0.3 is 9.32 Å². The fourth-order valence-corrected chi connectivity index (χ4v) is 9.80. The molecule has 0 radical (unpaired) electrons. The van der Waals surface area contributed by atoms with Crippen LogP contribution >= 0.6 is 11.3 Å². The predicted molar refractivity (Wildman–Crippen MR) is 233 cm³/mol. The van der Waals surface area contributed by atoms with Crippen LogP contribution in [-0.2, 0) is 12.8 Å². The molecule has 0 bridgehead atoms. The van der Waals surface area contributed by atoms with Crippen LogP contribution in [0.2, 0.25) is 0 Å². The molecule has 2 nitrogen and oxygen atoms in total. The topological polar surface area (TPSA) is 16.4 Å². The van der Waals surface area contributed by atoms with E-state index in [9.17, 15) is 0 Å². The molecule has 0 N–H and O–H groups in total. The number of hydrogen-bond donors (Lipinski definition) is 0. The summed E-state index contributed by atoms with van der Waals surface area (Å²) in [5, 5.41) is 3.85. The van der Waals surface area contributed by atoms with Gasteiger partial charge in [0, 0.05) is 54.5 Å². The molecule has 0 unspecified atom stereocenters. The minimum absolute atomic E-state index is 0.924. The van der Waals surface area contributed by atoms with Crippen molar-refractivity contribution in [3.05, 3.63) is 199 Å². The first-order valence-corrected chi connectivity index (χ1v) is 19.8. The van der Waals surface area contributed by atoms with Crippen LogP contribution in [0.4, 0.5) is 17.1 Å². The van der Waals surface area contributed by atoms with Crippen LogP contribution < -0.4 is 4.90 Å². The molecule has 0 fully saturated rings. The monoisotopic (exact) mass is 721 g/mol. The summed E-state index contributed by atoms with van der Waals surface area (Å²) >= 11 is 1.88. The molecule has 0 saturated carbocycles. The summed E-state index contributed by atoms with van der Waals surface area (Å²) in [7, 11) is 0. The number of para-hydroxylation sites is 2. The second-order valence-corrected chi connectivity index (χ2v) is 15.4. The Morgan fingerprint density at radius 1 is 0.436 bits per heavy atom. The highest BCUT2D eigenvalue weighted by Gasteiger charge is 2.23. The van der Waals surface area contributed by atoms with Crippen molar-refractivity contribution in [3.8, 4) is 44.5 Å². The zero-order valence-corrected chi connectivity index (χ0v) is 30.9. The summed E-state index contributed by atoms with van der Waals surface area (Å²) in [6.07, 6.45) is 1.90. The minimum Gasteiger partial charge on any atom is -0.460 e. The average Bonchev–Trinajstić information content (AvgIpc) is 3.84. The lowest BCUT2D eigenvalue weighted by Crippen LogP contribution is -2.11. The molecule has 2 heterocycles. The van der Waals surface area contributed by atoms with E-state index in [1.54, 1.807) is 0 Å². The van der Waals surface area contributed by atoms with Gasteiger partial charge in [0.05, 0.1) is 5.69 Å². The molecule has 0 amide bonds. The predicted octanol–water partition coefficient (Wildman–Crippen LogP) is 15.0. The van der Waals surface area contributed by atoms with Crippen LogP contribution in [0, 0.1) is 0 Å². The Bertz CT molecular complexity index is 3030. The van der Waals surface area contributed by atoms with Gasteiger partial charge in [0.15, 0.2) is 0 Å². The highest BCUT2D eigenvalue weighted by molar-refractivity contribution is 7.26. The van der Waals surface area contributed by atoms with Gasteiger partial charge in [-0.25, -0.2) is 0 Å². The largest absolute Gasteiger partial charge is 0.460 e. The number of benzene rings is 8. The summed E-state index contributed by atoms with van der Waals surface area (Å²) < 4.78 is 8.92. The molecule has 10 aromatic rings. The van der Waals surface area contributed by atoms with Crippen molar-refractivity contribution in [3.63, 3.8) is 0 Å². The summed E-state index contributed by atoms with van der Waals surface area (Å²) in [6.45, 7) is 0. The Morgan fingerprint density at radius 3 is 1.91 bits per heavy atom. The van der Waals surface area contributed by atoms with E-state index < -0.39 is 0 Å². The second-order valence-electron chi connectivity index (χ2n) is 14.4. The molecule has 0 aliphatic heterocycles. The van der Waals surface area contributed by atoms with Crippen LogP contribution in [0.5, 0.6) is 0 Å². The van der Waals surface area contributed by atoms with E-state index in [4.69, 9.17) is 4.42 Å². The van der Waals surface area contributed by atoms with Crippen molar-refractivity contribution in [1.29, 1.82) is 0 Å². The van der Waals surface area contributed by atoms with Gasteiger partial charge >= 0.3 is 0 Å². The first-order chi connectivity index (χ1) is 27.3. The van der Waals surface area contributed by atoms with Gasteiger partial charge in [0.2, 0.25) is 0 Å². The van der Waals surface area contributed by atoms with E-state index in [0.717, 1.165) is 41.2 Å². The molecule has 11 rings (SSSR count). The Morgan fingerprint density at radius 2 is 1.07 bits per heavy atom. The van der Waals surface area contributed by atoms with Crippen molar-refractivity contribution in [2.75, 3.05) is 4.90 Å². The molecule has 1 aliphatic rings. The van der Waals surface area contributed by atoms with Crippen molar-refractivity contribution in [2.45, 2.75) is 12.8 Å². The van der Waals surface area contributed by atoms with Gasteiger partial charge in [-0.05, 0) is 87.8 Å². The fraction of sp³-hybridized carbons (Fsp3) is 0.0385. The Labute approximate surface area is 324 Å². The molecule has 1 aliphatic carbocycles. The van der Waals surface area contributed by atoms with E-state index in [2.05, 4.69) is 193 Å². The summed E-state index contributed by atoms with van der Waals surface area (Å²) in [5.41, 5.74) is 15.6. The van der Waals surface area contributed by atoms with Gasteiger partial charge in [-0.2, -0.15) is 0 Å². The van der Waals surface area contributed by atoms with E-state index in [0.29, 0.717) is 0 Å². The number of furan rings is 1. The van der Waals surface area contributed by atoms with E-state index >= 15 is 0 Å². The van der Waals surface area contributed by atoms with Crippen molar-refractivity contribution < 1.29 is 4.42 Å². The first-order valence-electron chi connectivity index (χ1n) is 19.0. The zero-order valence-electron chi connectivity index (χ0n) is 30.1.